The molecule has 6 heteroatoms. The maximum Gasteiger partial charge on any atom is 0.248 e. The number of benzene rings is 1. The smallest absolute Gasteiger partial charge is 0.248 e. The number of primary amides is 1. The van der Waals surface area contributed by atoms with Crippen molar-refractivity contribution in [3.05, 3.63) is 23.8 Å². The van der Waals surface area contributed by atoms with E-state index in [-0.39, 0.29) is 43.5 Å². The van der Waals surface area contributed by atoms with Crippen LogP contribution in [0.15, 0.2) is 18.2 Å². The number of phenolic OH excluding ortho intramolecular Hbond substituents is 1. The molecule has 1 aromatic rings. The largest absolute Gasteiger partial charge is 0.504 e. The van der Waals surface area contributed by atoms with Crippen LogP contribution in [0, 0.1) is 0 Å². The first-order chi connectivity index (χ1) is 9.15. The number of aromatic hydroxyl groups is 1. The molecule has 0 saturated carbocycles. The molecule has 0 unspecified atom stereocenters. The number of hydrogen-bond acceptors (Lipinski definition) is 5. The zero-order chi connectivity index (χ0) is 14.7. The zero-order valence-corrected chi connectivity index (χ0v) is 11.3. The molecule has 4 N–H and O–H groups in total. The zero-order valence-electron chi connectivity index (χ0n) is 11.3. The van der Waals surface area contributed by atoms with Crippen molar-refractivity contribution in [2.75, 3.05) is 26.4 Å². The van der Waals surface area contributed by atoms with Crippen LogP contribution in [0.3, 0.4) is 0 Å². The Bertz CT molecular complexity index is 381. The molecule has 0 spiro atoms. The van der Waals surface area contributed by atoms with Gasteiger partial charge in [-0.15, -0.1) is 0 Å². The third kappa shape index (κ3) is 6.64. The second-order valence-electron chi connectivity index (χ2n) is 3.23. The number of phenols is 1. The van der Waals surface area contributed by atoms with Crippen LogP contribution in [0.25, 0.3) is 0 Å². The van der Waals surface area contributed by atoms with Crippen molar-refractivity contribution in [1.29, 1.82) is 0 Å². The Morgan fingerprint density at radius 3 is 2.53 bits per heavy atom. The third-order valence-electron chi connectivity index (χ3n) is 1.97. The molecule has 0 aliphatic carbocycles. The summed E-state index contributed by atoms with van der Waals surface area (Å²) in [6.45, 7) is 4.66. The number of nitrogens with two attached hydrogens (primary N) is 1. The molecule has 0 bridgehead atoms. The van der Waals surface area contributed by atoms with E-state index in [4.69, 9.17) is 20.3 Å². The van der Waals surface area contributed by atoms with Gasteiger partial charge >= 0.3 is 0 Å². The third-order valence-corrected chi connectivity index (χ3v) is 1.97. The van der Waals surface area contributed by atoms with Gasteiger partial charge in [-0.1, -0.05) is 13.8 Å². The van der Waals surface area contributed by atoms with Gasteiger partial charge in [0.1, 0.15) is 6.61 Å². The summed E-state index contributed by atoms with van der Waals surface area (Å²) in [5.74, 6) is -0.488. The topological polar surface area (TPSA) is 102 Å². The Kier molecular flexibility index (Phi) is 9.20. The first-order valence-corrected chi connectivity index (χ1v) is 6.09. The second-order valence-corrected chi connectivity index (χ2v) is 3.23. The van der Waals surface area contributed by atoms with Crippen molar-refractivity contribution in [1.82, 2.24) is 0 Å². The number of carbonyl (C=O) groups is 1. The van der Waals surface area contributed by atoms with Gasteiger partial charge in [0.05, 0.1) is 19.8 Å². The number of rotatable bonds is 7. The molecule has 0 fully saturated rings. The molecule has 19 heavy (non-hydrogen) atoms. The molecular formula is C13H21NO5. The highest BCUT2D eigenvalue weighted by atomic mass is 16.5. The van der Waals surface area contributed by atoms with E-state index in [0.717, 1.165) is 0 Å². The normalized spacial score (nSPS) is 9.42. The molecule has 6 nitrogen and oxygen atoms in total. The molecule has 1 amide bonds. The van der Waals surface area contributed by atoms with Gasteiger partial charge in [0.15, 0.2) is 11.5 Å². The molecule has 0 aliphatic rings. The summed E-state index contributed by atoms with van der Waals surface area (Å²) in [5.41, 5.74) is 5.36. The molecule has 108 valence electrons. The summed E-state index contributed by atoms with van der Waals surface area (Å²) in [7, 11) is 0. The van der Waals surface area contributed by atoms with Crippen molar-refractivity contribution in [3.8, 4) is 11.5 Å². The molecule has 0 radical (unpaired) electrons. The molecular weight excluding hydrogens is 250 g/mol. The van der Waals surface area contributed by atoms with Crippen molar-refractivity contribution in [2.24, 2.45) is 5.73 Å². The van der Waals surface area contributed by atoms with Gasteiger partial charge in [-0.05, 0) is 18.2 Å². The van der Waals surface area contributed by atoms with Crippen LogP contribution >= 0.6 is 0 Å². The monoisotopic (exact) mass is 271 g/mol. The lowest BCUT2D eigenvalue weighted by atomic mass is 10.2. The van der Waals surface area contributed by atoms with Gasteiger partial charge in [0, 0.05) is 5.56 Å². The summed E-state index contributed by atoms with van der Waals surface area (Å²) in [6.07, 6.45) is 0. The molecule has 0 atom stereocenters. The molecule has 0 aliphatic heterocycles. The summed E-state index contributed by atoms with van der Waals surface area (Å²) in [6, 6.07) is 4.11. The highest BCUT2D eigenvalue weighted by Gasteiger charge is 2.07. The minimum atomic E-state index is -0.591. The van der Waals surface area contributed by atoms with Crippen molar-refractivity contribution in [2.45, 2.75) is 13.8 Å². The van der Waals surface area contributed by atoms with Crippen LogP contribution in [-0.2, 0) is 4.74 Å². The van der Waals surface area contributed by atoms with Crippen LogP contribution in [-0.4, -0.2) is 42.5 Å². The number of hydrogen-bond donors (Lipinski definition) is 3. The van der Waals surface area contributed by atoms with Gasteiger partial charge in [0.2, 0.25) is 5.91 Å². The number of amides is 1. The average molecular weight is 271 g/mol. The fourth-order valence-corrected chi connectivity index (χ4v) is 1.16. The van der Waals surface area contributed by atoms with Gasteiger partial charge in [-0.25, -0.2) is 0 Å². The fraction of sp³-hybridized carbons (Fsp3) is 0.462. The molecule has 1 aromatic carbocycles. The maximum atomic E-state index is 10.9. The highest BCUT2D eigenvalue weighted by Crippen LogP contribution is 2.26. The van der Waals surface area contributed by atoms with Gasteiger partial charge in [-0.2, -0.15) is 0 Å². The van der Waals surface area contributed by atoms with E-state index in [0.29, 0.717) is 0 Å². The van der Waals surface area contributed by atoms with E-state index >= 15 is 0 Å². The summed E-state index contributed by atoms with van der Waals surface area (Å²) >= 11 is 0. The van der Waals surface area contributed by atoms with Crippen LogP contribution in [0.2, 0.25) is 0 Å². The first kappa shape index (κ1) is 17.2. The first-order valence-electron chi connectivity index (χ1n) is 6.09. The quantitative estimate of drug-likeness (QED) is 0.640. The second kappa shape index (κ2) is 10.2. The standard InChI is InChI=1S/C11H15NO5.C2H6/c12-11(15)8-1-2-9(14)10(7-8)17-6-5-16-4-3-13;1-2/h1-2,7,13-14H,3-6H2,(H2,12,15);1-2H3. The molecule has 0 saturated heterocycles. The van der Waals surface area contributed by atoms with E-state index in [1.165, 1.54) is 18.2 Å². The Morgan fingerprint density at radius 2 is 1.95 bits per heavy atom. The summed E-state index contributed by atoms with van der Waals surface area (Å²) in [5, 5.41) is 17.9. The van der Waals surface area contributed by atoms with E-state index < -0.39 is 5.91 Å². The van der Waals surface area contributed by atoms with Crippen LogP contribution < -0.4 is 10.5 Å². The highest BCUT2D eigenvalue weighted by molar-refractivity contribution is 5.93. The number of aliphatic hydroxyl groups excluding tert-OH is 1. The van der Waals surface area contributed by atoms with Gasteiger partial charge in [0.25, 0.3) is 0 Å². The predicted molar refractivity (Wildman–Crippen MR) is 71.4 cm³/mol. The number of carbonyl (C=O) groups excluding carboxylic acids is 1. The lowest BCUT2D eigenvalue weighted by Crippen LogP contribution is -2.12. The van der Waals surface area contributed by atoms with Crippen LogP contribution in [0.1, 0.15) is 24.2 Å². The van der Waals surface area contributed by atoms with Crippen LogP contribution in [0.4, 0.5) is 0 Å². The molecule has 0 heterocycles. The van der Waals surface area contributed by atoms with E-state index in [1.54, 1.807) is 0 Å². The number of ether oxygens (including phenoxy) is 2. The molecule has 1 rings (SSSR count). The van der Waals surface area contributed by atoms with Crippen molar-refractivity contribution in [3.63, 3.8) is 0 Å². The predicted octanol–water partition coefficient (Wildman–Crippen LogP) is 0.905. The fourth-order valence-electron chi connectivity index (χ4n) is 1.16. The van der Waals surface area contributed by atoms with E-state index in [2.05, 4.69) is 0 Å². The van der Waals surface area contributed by atoms with Gasteiger partial charge < -0.3 is 25.4 Å². The number of aliphatic hydroxyl groups is 1. The lowest BCUT2D eigenvalue weighted by molar-refractivity contribution is 0.0698. The van der Waals surface area contributed by atoms with Crippen molar-refractivity contribution >= 4 is 5.91 Å². The Balaban J connectivity index is 0.00000154. The summed E-state index contributed by atoms with van der Waals surface area (Å²) < 4.78 is 10.2. The molecule has 0 aromatic heterocycles. The van der Waals surface area contributed by atoms with Crippen LogP contribution in [0.5, 0.6) is 11.5 Å². The minimum absolute atomic E-state index is 0.0532. The summed E-state index contributed by atoms with van der Waals surface area (Å²) in [4.78, 5) is 10.9. The average Bonchev–Trinajstić information content (AvgIpc) is 2.42. The Hall–Kier alpha value is -1.79. The lowest BCUT2D eigenvalue weighted by Gasteiger charge is -2.09. The van der Waals surface area contributed by atoms with Crippen molar-refractivity contribution < 1.29 is 24.5 Å². The Labute approximate surface area is 112 Å². The minimum Gasteiger partial charge on any atom is -0.504 e. The van der Waals surface area contributed by atoms with E-state index in [1.807, 2.05) is 13.8 Å². The maximum absolute atomic E-state index is 10.9. The SMILES string of the molecule is CC.NC(=O)c1ccc(O)c(OCCOCCO)c1. The van der Waals surface area contributed by atoms with Gasteiger partial charge in [-0.3, -0.25) is 4.79 Å². The van der Waals surface area contributed by atoms with E-state index in [9.17, 15) is 9.90 Å². The Morgan fingerprint density at radius 1 is 1.26 bits per heavy atom.